The molecule has 4 heteroatoms. The molecule has 1 aliphatic heterocycles. The lowest BCUT2D eigenvalue weighted by Crippen LogP contribution is -2.24. The standard InChI is InChI=1S/C14H25N3O/c1-3-13-12(7-8-15)14(4-2)17(16-13)11-6-5-9-18-10-11/h11H,3-10,15H2,1-2H3. The molecular formula is C14H25N3O. The van der Waals surface area contributed by atoms with Crippen LogP contribution in [0.3, 0.4) is 0 Å². The van der Waals surface area contributed by atoms with E-state index in [0.717, 1.165) is 38.9 Å². The van der Waals surface area contributed by atoms with Gasteiger partial charge in [-0.05, 0) is 44.2 Å². The molecule has 2 rings (SSSR count). The summed E-state index contributed by atoms with van der Waals surface area (Å²) in [5, 5.41) is 4.82. The van der Waals surface area contributed by atoms with Crippen molar-refractivity contribution >= 4 is 0 Å². The van der Waals surface area contributed by atoms with Gasteiger partial charge in [-0.15, -0.1) is 0 Å². The monoisotopic (exact) mass is 251 g/mol. The molecule has 2 heterocycles. The Balaban J connectivity index is 2.33. The van der Waals surface area contributed by atoms with Crippen LogP contribution in [-0.2, 0) is 24.0 Å². The predicted octanol–water partition coefficient (Wildman–Crippen LogP) is 1.86. The molecule has 1 atom stereocenters. The van der Waals surface area contributed by atoms with E-state index < -0.39 is 0 Å². The van der Waals surface area contributed by atoms with Crippen molar-refractivity contribution in [2.45, 2.75) is 52.0 Å². The molecular weight excluding hydrogens is 226 g/mol. The number of ether oxygens (including phenoxy) is 1. The molecule has 1 aromatic rings. The third kappa shape index (κ3) is 2.59. The van der Waals surface area contributed by atoms with E-state index >= 15 is 0 Å². The van der Waals surface area contributed by atoms with Gasteiger partial charge in [0.2, 0.25) is 0 Å². The lowest BCUT2D eigenvalue weighted by atomic mass is 10.0. The zero-order valence-electron chi connectivity index (χ0n) is 11.6. The van der Waals surface area contributed by atoms with Crippen LogP contribution in [0, 0.1) is 0 Å². The molecule has 18 heavy (non-hydrogen) atoms. The summed E-state index contributed by atoms with van der Waals surface area (Å²) in [5.74, 6) is 0. The molecule has 0 aromatic carbocycles. The SMILES string of the molecule is CCc1nn(C2CCCOC2)c(CC)c1CCN. The first kappa shape index (κ1) is 13.6. The number of rotatable bonds is 5. The summed E-state index contributed by atoms with van der Waals surface area (Å²) in [4.78, 5) is 0. The van der Waals surface area contributed by atoms with E-state index in [9.17, 15) is 0 Å². The van der Waals surface area contributed by atoms with Gasteiger partial charge in [0, 0.05) is 12.3 Å². The number of aromatic nitrogens is 2. The van der Waals surface area contributed by atoms with Crippen LogP contribution < -0.4 is 5.73 Å². The zero-order valence-corrected chi connectivity index (χ0v) is 11.6. The number of hydrogen-bond donors (Lipinski definition) is 1. The molecule has 0 amide bonds. The fourth-order valence-electron chi connectivity index (χ4n) is 2.87. The number of nitrogens with two attached hydrogens (primary N) is 1. The molecule has 0 spiro atoms. The van der Waals surface area contributed by atoms with Crippen molar-refractivity contribution in [2.24, 2.45) is 5.73 Å². The maximum atomic E-state index is 5.73. The maximum absolute atomic E-state index is 5.73. The highest BCUT2D eigenvalue weighted by atomic mass is 16.5. The van der Waals surface area contributed by atoms with E-state index in [-0.39, 0.29) is 0 Å². The summed E-state index contributed by atoms with van der Waals surface area (Å²) in [6, 6.07) is 0.422. The van der Waals surface area contributed by atoms with Crippen molar-refractivity contribution in [3.8, 4) is 0 Å². The normalized spacial score (nSPS) is 20.3. The fraction of sp³-hybridized carbons (Fsp3) is 0.786. The van der Waals surface area contributed by atoms with Crippen LogP contribution >= 0.6 is 0 Å². The van der Waals surface area contributed by atoms with E-state index in [0.29, 0.717) is 12.6 Å². The Morgan fingerprint density at radius 1 is 1.39 bits per heavy atom. The van der Waals surface area contributed by atoms with Gasteiger partial charge in [-0.2, -0.15) is 5.10 Å². The fourth-order valence-corrected chi connectivity index (χ4v) is 2.87. The minimum absolute atomic E-state index is 0.422. The zero-order chi connectivity index (χ0) is 13.0. The van der Waals surface area contributed by atoms with Crippen molar-refractivity contribution in [3.05, 3.63) is 17.0 Å². The van der Waals surface area contributed by atoms with Gasteiger partial charge in [-0.1, -0.05) is 13.8 Å². The molecule has 1 aliphatic rings. The summed E-state index contributed by atoms with van der Waals surface area (Å²) >= 11 is 0. The second-order valence-corrected chi connectivity index (χ2v) is 4.93. The van der Waals surface area contributed by atoms with Crippen LogP contribution in [0.5, 0.6) is 0 Å². The second kappa shape index (κ2) is 6.34. The number of hydrogen-bond acceptors (Lipinski definition) is 3. The quantitative estimate of drug-likeness (QED) is 0.869. The van der Waals surface area contributed by atoms with E-state index in [4.69, 9.17) is 15.6 Å². The highest BCUT2D eigenvalue weighted by Gasteiger charge is 2.22. The predicted molar refractivity (Wildman–Crippen MR) is 72.8 cm³/mol. The smallest absolute Gasteiger partial charge is 0.0756 e. The van der Waals surface area contributed by atoms with E-state index in [2.05, 4.69) is 18.5 Å². The molecule has 1 aromatic heterocycles. The summed E-state index contributed by atoms with van der Waals surface area (Å²) in [6.07, 6.45) is 5.28. The third-order valence-corrected chi connectivity index (χ3v) is 3.75. The van der Waals surface area contributed by atoms with Crippen LogP contribution in [0.15, 0.2) is 0 Å². The van der Waals surface area contributed by atoms with E-state index in [1.54, 1.807) is 0 Å². The molecule has 0 aliphatic carbocycles. The summed E-state index contributed by atoms with van der Waals surface area (Å²) in [5.41, 5.74) is 9.71. The topological polar surface area (TPSA) is 53.1 Å². The first-order valence-electron chi connectivity index (χ1n) is 7.18. The second-order valence-electron chi connectivity index (χ2n) is 4.93. The molecule has 4 nitrogen and oxygen atoms in total. The van der Waals surface area contributed by atoms with Crippen LogP contribution in [-0.4, -0.2) is 29.5 Å². The summed E-state index contributed by atoms with van der Waals surface area (Å²) in [7, 11) is 0. The summed E-state index contributed by atoms with van der Waals surface area (Å²) in [6.45, 7) is 6.78. The largest absolute Gasteiger partial charge is 0.379 e. The highest BCUT2D eigenvalue weighted by molar-refractivity contribution is 5.27. The lowest BCUT2D eigenvalue weighted by molar-refractivity contribution is 0.0538. The Hall–Kier alpha value is -0.870. The first-order valence-corrected chi connectivity index (χ1v) is 7.18. The average molecular weight is 251 g/mol. The lowest BCUT2D eigenvalue weighted by Gasteiger charge is -2.24. The van der Waals surface area contributed by atoms with E-state index in [1.165, 1.54) is 23.4 Å². The average Bonchev–Trinajstić information content (AvgIpc) is 2.78. The van der Waals surface area contributed by atoms with Gasteiger partial charge in [0.15, 0.2) is 0 Å². The molecule has 0 radical (unpaired) electrons. The number of nitrogens with zero attached hydrogens (tertiary/aromatic N) is 2. The van der Waals surface area contributed by atoms with Gasteiger partial charge in [0.1, 0.15) is 0 Å². The van der Waals surface area contributed by atoms with Crippen molar-refractivity contribution in [2.75, 3.05) is 19.8 Å². The van der Waals surface area contributed by atoms with Crippen LogP contribution in [0.25, 0.3) is 0 Å². The minimum Gasteiger partial charge on any atom is -0.379 e. The summed E-state index contributed by atoms with van der Waals surface area (Å²) < 4.78 is 7.82. The molecule has 2 N–H and O–H groups in total. The van der Waals surface area contributed by atoms with Gasteiger partial charge in [0.05, 0.1) is 18.3 Å². The Bertz CT molecular complexity index is 381. The third-order valence-electron chi connectivity index (χ3n) is 3.75. The molecule has 0 saturated carbocycles. The van der Waals surface area contributed by atoms with Crippen molar-refractivity contribution in [1.82, 2.24) is 9.78 Å². The van der Waals surface area contributed by atoms with Gasteiger partial charge in [0.25, 0.3) is 0 Å². The Kier molecular flexibility index (Phi) is 4.78. The van der Waals surface area contributed by atoms with Crippen molar-refractivity contribution in [1.29, 1.82) is 0 Å². The Labute approximate surface area is 110 Å². The maximum Gasteiger partial charge on any atom is 0.0756 e. The Morgan fingerprint density at radius 2 is 2.22 bits per heavy atom. The molecule has 1 unspecified atom stereocenters. The highest BCUT2D eigenvalue weighted by Crippen LogP contribution is 2.25. The van der Waals surface area contributed by atoms with Crippen LogP contribution in [0.1, 0.15) is 49.7 Å². The van der Waals surface area contributed by atoms with Crippen molar-refractivity contribution in [3.63, 3.8) is 0 Å². The number of aryl methyl sites for hydroxylation is 1. The van der Waals surface area contributed by atoms with Crippen LogP contribution in [0.2, 0.25) is 0 Å². The minimum atomic E-state index is 0.422. The molecule has 0 bridgehead atoms. The molecule has 102 valence electrons. The first-order chi connectivity index (χ1) is 8.81. The van der Waals surface area contributed by atoms with Crippen molar-refractivity contribution < 1.29 is 4.74 Å². The Morgan fingerprint density at radius 3 is 2.78 bits per heavy atom. The van der Waals surface area contributed by atoms with E-state index in [1.807, 2.05) is 0 Å². The van der Waals surface area contributed by atoms with Gasteiger partial charge < -0.3 is 10.5 Å². The van der Waals surface area contributed by atoms with Gasteiger partial charge >= 0.3 is 0 Å². The van der Waals surface area contributed by atoms with Crippen LogP contribution in [0.4, 0.5) is 0 Å². The van der Waals surface area contributed by atoms with Gasteiger partial charge in [-0.3, -0.25) is 4.68 Å². The molecule has 1 saturated heterocycles. The van der Waals surface area contributed by atoms with Gasteiger partial charge in [-0.25, -0.2) is 0 Å². The molecule has 1 fully saturated rings.